The molecular weight excluding hydrogens is 423 g/mol. The van der Waals surface area contributed by atoms with E-state index < -0.39 is 6.03 Å². The molecule has 0 unspecified atom stereocenters. The van der Waals surface area contributed by atoms with Crippen molar-refractivity contribution in [3.8, 4) is 5.75 Å². The number of carbonyl (C=O) groups is 2. The number of carbonyl (C=O) groups excluding carboxylic acids is 2. The molecule has 1 fully saturated rings. The van der Waals surface area contributed by atoms with Crippen LogP contribution >= 0.6 is 34.8 Å². The molecule has 28 heavy (non-hydrogen) atoms. The number of hydrogen-bond acceptors (Lipinski definition) is 3. The number of urea groups is 1. The van der Waals surface area contributed by atoms with Crippen molar-refractivity contribution in [2.24, 2.45) is 0 Å². The minimum Gasteiger partial charge on any atom is -0.486 e. The van der Waals surface area contributed by atoms with Gasteiger partial charge in [-0.05, 0) is 36.3 Å². The van der Waals surface area contributed by atoms with Crippen LogP contribution in [0.15, 0.2) is 42.1 Å². The number of imide groups is 1. The van der Waals surface area contributed by atoms with E-state index in [0.29, 0.717) is 29.3 Å². The van der Waals surface area contributed by atoms with Crippen molar-refractivity contribution in [1.82, 2.24) is 10.2 Å². The van der Waals surface area contributed by atoms with Gasteiger partial charge in [0.05, 0.1) is 10.0 Å². The number of benzene rings is 2. The maximum absolute atomic E-state index is 12.3. The Morgan fingerprint density at radius 2 is 1.75 bits per heavy atom. The van der Waals surface area contributed by atoms with Gasteiger partial charge in [0.25, 0.3) is 5.91 Å². The summed E-state index contributed by atoms with van der Waals surface area (Å²) in [4.78, 5) is 25.4. The Balaban J connectivity index is 1.79. The number of halogens is 3. The number of rotatable bonds is 6. The third kappa shape index (κ3) is 4.43. The van der Waals surface area contributed by atoms with Crippen LogP contribution in [0, 0.1) is 0 Å². The molecule has 2 aromatic rings. The summed E-state index contributed by atoms with van der Waals surface area (Å²) in [6, 6.07) is 10.1. The summed E-state index contributed by atoms with van der Waals surface area (Å²) in [5, 5.41) is 3.72. The molecular formula is C20H17Cl3N2O3. The van der Waals surface area contributed by atoms with Crippen molar-refractivity contribution in [1.29, 1.82) is 0 Å². The van der Waals surface area contributed by atoms with Crippen LogP contribution in [0.3, 0.4) is 0 Å². The first kappa shape index (κ1) is 20.5. The molecule has 1 aliphatic heterocycles. The van der Waals surface area contributed by atoms with Crippen LogP contribution in [0.5, 0.6) is 5.75 Å². The van der Waals surface area contributed by atoms with Gasteiger partial charge in [-0.15, -0.1) is 0 Å². The lowest BCUT2D eigenvalue weighted by atomic mass is 10.1. The molecule has 0 spiro atoms. The fourth-order valence-corrected chi connectivity index (χ4v) is 3.53. The third-order valence-electron chi connectivity index (χ3n) is 4.07. The first-order chi connectivity index (χ1) is 13.4. The summed E-state index contributed by atoms with van der Waals surface area (Å²) in [7, 11) is 0. The van der Waals surface area contributed by atoms with E-state index in [1.54, 1.807) is 18.2 Å². The molecule has 0 radical (unpaired) electrons. The normalized spacial score (nSPS) is 15.3. The van der Waals surface area contributed by atoms with Crippen molar-refractivity contribution in [3.63, 3.8) is 0 Å². The number of amides is 3. The van der Waals surface area contributed by atoms with Gasteiger partial charge in [0.2, 0.25) is 0 Å². The molecule has 0 aliphatic carbocycles. The van der Waals surface area contributed by atoms with Crippen LogP contribution in [-0.4, -0.2) is 23.4 Å². The summed E-state index contributed by atoms with van der Waals surface area (Å²) < 4.78 is 5.73. The smallest absolute Gasteiger partial charge is 0.329 e. The average Bonchev–Trinajstić information content (AvgIpc) is 2.90. The van der Waals surface area contributed by atoms with Crippen LogP contribution in [0.25, 0.3) is 6.08 Å². The van der Waals surface area contributed by atoms with Crippen LogP contribution in [0.2, 0.25) is 15.1 Å². The Labute approximate surface area is 177 Å². The summed E-state index contributed by atoms with van der Waals surface area (Å²) >= 11 is 18.8. The molecule has 1 heterocycles. The third-order valence-corrected chi connectivity index (χ3v) is 5.00. The second-order valence-electron chi connectivity index (χ2n) is 6.14. The van der Waals surface area contributed by atoms with Gasteiger partial charge in [0.15, 0.2) is 5.75 Å². The molecule has 1 aliphatic rings. The van der Waals surface area contributed by atoms with E-state index in [0.717, 1.165) is 10.5 Å². The van der Waals surface area contributed by atoms with Gasteiger partial charge in [-0.3, -0.25) is 9.69 Å². The number of ether oxygens (including phenoxy) is 1. The molecule has 3 rings (SSSR count). The highest BCUT2D eigenvalue weighted by Gasteiger charge is 2.32. The Bertz CT molecular complexity index is 936. The van der Waals surface area contributed by atoms with Gasteiger partial charge in [-0.2, -0.15) is 0 Å². The van der Waals surface area contributed by atoms with Crippen LogP contribution in [0.4, 0.5) is 4.79 Å². The van der Waals surface area contributed by atoms with Gasteiger partial charge in [0, 0.05) is 17.1 Å². The number of nitrogens with one attached hydrogen (secondary N) is 1. The maximum Gasteiger partial charge on any atom is 0.329 e. The van der Waals surface area contributed by atoms with Gasteiger partial charge in [0.1, 0.15) is 12.3 Å². The standard InChI is InChI=1S/C20H17Cl3N2O3/c1-2-7-25-19(26)17(24-20(25)27)10-12-8-15(22)18(16(23)9-12)28-11-13-5-3-4-6-14(13)21/h3-6,8-10H,2,7,11H2,1H3,(H,24,27)/b17-10+. The zero-order valence-corrected chi connectivity index (χ0v) is 17.2. The highest BCUT2D eigenvalue weighted by Crippen LogP contribution is 2.36. The lowest BCUT2D eigenvalue weighted by Crippen LogP contribution is -2.31. The summed E-state index contributed by atoms with van der Waals surface area (Å²) in [5.74, 6) is -0.0575. The van der Waals surface area contributed by atoms with E-state index >= 15 is 0 Å². The topological polar surface area (TPSA) is 58.6 Å². The Kier molecular flexibility index (Phi) is 6.50. The van der Waals surface area contributed by atoms with Gasteiger partial charge < -0.3 is 10.1 Å². The van der Waals surface area contributed by atoms with E-state index in [1.807, 2.05) is 25.1 Å². The van der Waals surface area contributed by atoms with Crippen LogP contribution < -0.4 is 10.1 Å². The van der Waals surface area contributed by atoms with Crippen molar-refractivity contribution >= 4 is 52.8 Å². The van der Waals surface area contributed by atoms with Gasteiger partial charge >= 0.3 is 6.03 Å². The van der Waals surface area contributed by atoms with E-state index in [9.17, 15) is 9.59 Å². The fraction of sp³-hybridized carbons (Fsp3) is 0.200. The first-order valence-electron chi connectivity index (χ1n) is 8.60. The first-order valence-corrected chi connectivity index (χ1v) is 9.74. The fourth-order valence-electron chi connectivity index (χ4n) is 2.73. The molecule has 0 saturated carbocycles. The van der Waals surface area contributed by atoms with Crippen molar-refractivity contribution in [2.75, 3.05) is 6.54 Å². The molecule has 2 aromatic carbocycles. The largest absolute Gasteiger partial charge is 0.486 e. The predicted octanol–water partition coefficient (Wildman–Crippen LogP) is 5.53. The second-order valence-corrected chi connectivity index (χ2v) is 7.36. The van der Waals surface area contributed by atoms with Crippen molar-refractivity contribution in [2.45, 2.75) is 20.0 Å². The highest BCUT2D eigenvalue weighted by molar-refractivity contribution is 6.37. The average molecular weight is 440 g/mol. The quantitative estimate of drug-likeness (QED) is 0.475. The monoisotopic (exact) mass is 438 g/mol. The SMILES string of the molecule is CCCN1C(=O)N/C(=C/c2cc(Cl)c(OCc3ccccc3Cl)c(Cl)c2)C1=O. The van der Waals surface area contributed by atoms with Crippen LogP contribution in [-0.2, 0) is 11.4 Å². The van der Waals surface area contributed by atoms with E-state index in [4.69, 9.17) is 39.5 Å². The molecule has 0 bridgehead atoms. The molecule has 8 heteroatoms. The van der Waals surface area contributed by atoms with Gasteiger partial charge in [-0.1, -0.05) is 59.9 Å². The van der Waals surface area contributed by atoms with E-state index in [1.165, 1.54) is 6.08 Å². The molecule has 0 aromatic heterocycles. The van der Waals surface area contributed by atoms with Gasteiger partial charge in [-0.25, -0.2) is 4.79 Å². The Morgan fingerprint density at radius 3 is 2.39 bits per heavy atom. The molecule has 0 atom stereocenters. The maximum atomic E-state index is 12.3. The summed E-state index contributed by atoms with van der Waals surface area (Å²) in [6.45, 7) is 2.46. The zero-order chi connectivity index (χ0) is 20.3. The number of hydrogen-bond donors (Lipinski definition) is 1. The minimum absolute atomic E-state index is 0.176. The highest BCUT2D eigenvalue weighted by atomic mass is 35.5. The van der Waals surface area contributed by atoms with E-state index in [-0.39, 0.29) is 28.3 Å². The zero-order valence-electron chi connectivity index (χ0n) is 15.0. The summed E-state index contributed by atoms with van der Waals surface area (Å²) in [5.41, 5.74) is 1.55. The second kappa shape index (κ2) is 8.86. The van der Waals surface area contributed by atoms with Crippen LogP contribution in [0.1, 0.15) is 24.5 Å². The minimum atomic E-state index is -0.435. The molecule has 5 nitrogen and oxygen atoms in total. The predicted molar refractivity (Wildman–Crippen MR) is 111 cm³/mol. The van der Waals surface area contributed by atoms with Crippen molar-refractivity contribution < 1.29 is 14.3 Å². The lowest BCUT2D eigenvalue weighted by molar-refractivity contribution is -0.122. The molecule has 1 saturated heterocycles. The summed E-state index contributed by atoms with van der Waals surface area (Å²) in [6.07, 6.45) is 2.22. The Hall–Kier alpha value is -2.21. The van der Waals surface area contributed by atoms with E-state index in [2.05, 4.69) is 5.32 Å². The molecule has 146 valence electrons. The number of nitrogens with zero attached hydrogens (tertiary/aromatic N) is 1. The lowest BCUT2D eigenvalue weighted by Gasteiger charge is -2.12. The Morgan fingerprint density at radius 1 is 1.07 bits per heavy atom. The van der Waals surface area contributed by atoms with Crippen molar-refractivity contribution in [3.05, 3.63) is 68.3 Å². The molecule has 1 N–H and O–H groups in total. The molecule has 3 amide bonds.